The van der Waals surface area contributed by atoms with Gasteiger partial charge in [-0.2, -0.15) is 0 Å². The summed E-state index contributed by atoms with van der Waals surface area (Å²) in [4.78, 5) is 29.5. The number of ketones is 1. The van der Waals surface area contributed by atoms with Crippen LogP contribution in [0, 0.1) is 11.6 Å². The van der Waals surface area contributed by atoms with E-state index >= 15 is 0 Å². The summed E-state index contributed by atoms with van der Waals surface area (Å²) in [5.41, 5.74) is 1.70. The third kappa shape index (κ3) is 3.93. The van der Waals surface area contributed by atoms with Crippen molar-refractivity contribution in [3.8, 4) is 11.3 Å². The first kappa shape index (κ1) is 19.4. The molecule has 6 heteroatoms. The van der Waals surface area contributed by atoms with E-state index in [2.05, 4.69) is 4.98 Å². The monoisotopic (exact) mass is 403 g/mol. The highest BCUT2D eigenvalue weighted by atomic mass is 19.1. The maximum atomic E-state index is 13.8. The van der Waals surface area contributed by atoms with Gasteiger partial charge in [0.15, 0.2) is 6.61 Å². The van der Waals surface area contributed by atoms with E-state index in [1.807, 2.05) is 0 Å². The number of pyridine rings is 1. The lowest BCUT2D eigenvalue weighted by Gasteiger charge is -2.10. The van der Waals surface area contributed by atoms with Gasteiger partial charge >= 0.3 is 5.97 Å². The molecule has 30 heavy (non-hydrogen) atoms. The number of rotatable bonds is 5. The van der Waals surface area contributed by atoms with Crippen molar-refractivity contribution in [2.75, 3.05) is 6.61 Å². The van der Waals surface area contributed by atoms with Gasteiger partial charge in [-0.15, -0.1) is 0 Å². The molecule has 148 valence electrons. The number of fused-ring (bicyclic) bond motifs is 1. The second-order valence-corrected chi connectivity index (χ2v) is 6.56. The first-order valence-corrected chi connectivity index (χ1v) is 9.13. The number of esters is 1. The number of aromatic nitrogens is 1. The molecule has 0 spiro atoms. The first-order valence-electron chi connectivity index (χ1n) is 9.13. The Morgan fingerprint density at radius 3 is 2.30 bits per heavy atom. The zero-order chi connectivity index (χ0) is 21.1. The summed E-state index contributed by atoms with van der Waals surface area (Å²) in [6.45, 7) is -0.595. The Morgan fingerprint density at radius 2 is 1.53 bits per heavy atom. The number of nitrogens with zero attached hydrogens (tertiary/aromatic N) is 1. The summed E-state index contributed by atoms with van der Waals surface area (Å²) in [6, 6.07) is 19.7. The number of ether oxygens (including phenoxy) is 1. The Kier molecular flexibility index (Phi) is 5.30. The molecule has 0 atom stereocenters. The van der Waals surface area contributed by atoms with Crippen LogP contribution in [0.1, 0.15) is 20.7 Å². The number of carbonyl (C=O) groups excluding carboxylic acids is 2. The van der Waals surface area contributed by atoms with Crippen molar-refractivity contribution in [1.82, 2.24) is 4.98 Å². The Morgan fingerprint density at radius 1 is 0.833 bits per heavy atom. The smallest absolute Gasteiger partial charge is 0.339 e. The van der Waals surface area contributed by atoms with E-state index < -0.39 is 24.2 Å². The molecule has 0 aliphatic rings. The number of Topliss-reactive ketones (excluding diaryl/α,β-unsaturated/α-hetero) is 1. The average Bonchev–Trinajstić information content (AvgIpc) is 2.77. The minimum atomic E-state index is -0.735. The third-order valence-electron chi connectivity index (χ3n) is 4.58. The van der Waals surface area contributed by atoms with Gasteiger partial charge in [0, 0.05) is 10.9 Å². The SMILES string of the molecule is O=C(COC(=O)c1cc(-c2ccc(F)cc2)nc2ccccc12)c1ccccc1F. The van der Waals surface area contributed by atoms with Gasteiger partial charge < -0.3 is 4.74 Å². The van der Waals surface area contributed by atoms with Gasteiger partial charge in [0.25, 0.3) is 0 Å². The number of para-hydroxylation sites is 1. The predicted molar refractivity (Wildman–Crippen MR) is 108 cm³/mol. The first-order chi connectivity index (χ1) is 14.5. The standard InChI is InChI=1S/C24H15F2NO3/c25-16-11-9-15(10-12-16)22-13-19(17-5-2-4-8-21(17)27-22)24(29)30-14-23(28)18-6-1-3-7-20(18)26/h1-13H,14H2. The summed E-state index contributed by atoms with van der Waals surface area (Å²) in [6.07, 6.45) is 0. The van der Waals surface area contributed by atoms with E-state index in [9.17, 15) is 18.4 Å². The van der Waals surface area contributed by atoms with E-state index in [-0.39, 0.29) is 16.9 Å². The molecule has 0 aliphatic heterocycles. The van der Waals surface area contributed by atoms with Crippen LogP contribution < -0.4 is 0 Å². The van der Waals surface area contributed by atoms with Crippen LogP contribution in [0.4, 0.5) is 8.78 Å². The molecule has 3 aromatic carbocycles. The average molecular weight is 403 g/mol. The molecular formula is C24H15F2NO3. The molecule has 0 aliphatic carbocycles. The third-order valence-corrected chi connectivity index (χ3v) is 4.58. The molecule has 1 aromatic heterocycles. The van der Waals surface area contributed by atoms with Crippen LogP contribution in [0.2, 0.25) is 0 Å². The van der Waals surface area contributed by atoms with Gasteiger partial charge in [-0.1, -0.05) is 30.3 Å². The van der Waals surface area contributed by atoms with Crippen LogP contribution in [-0.4, -0.2) is 23.3 Å². The van der Waals surface area contributed by atoms with E-state index in [1.54, 1.807) is 36.4 Å². The van der Waals surface area contributed by atoms with Crippen LogP contribution in [0.3, 0.4) is 0 Å². The van der Waals surface area contributed by atoms with Crippen LogP contribution in [0.5, 0.6) is 0 Å². The fourth-order valence-electron chi connectivity index (χ4n) is 3.09. The molecule has 0 N–H and O–H groups in total. The second-order valence-electron chi connectivity index (χ2n) is 6.56. The molecule has 0 saturated carbocycles. The number of carbonyl (C=O) groups is 2. The highest BCUT2D eigenvalue weighted by Crippen LogP contribution is 2.25. The summed E-state index contributed by atoms with van der Waals surface area (Å²) >= 11 is 0. The molecular weight excluding hydrogens is 388 g/mol. The quantitative estimate of drug-likeness (QED) is 0.339. The summed E-state index contributed by atoms with van der Waals surface area (Å²) < 4.78 is 32.2. The maximum absolute atomic E-state index is 13.8. The van der Waals surface area contributed by atoms with Gasteiger partial charge in [0.05, 0.1) is 22.3 Å². The molecule has 0 fully saturated rings. The Hall–Kier alpha value is -3.93. The summed E-state index contributed by atoms with van der Waals surface area (Å²) in [5, 5.41) is 0.548. The van der Waals surface area contributed by atoms with Gasteiger partial charge in [-0.3, -0.25) is 4.79 Å². The molecule has 0 bridgehead atoms. The lowest BCUT2D eigenvalue weighted by molar-refractivity contribution is 0.0475. The Bertz CT molecular complexity index is 1250. The molecule has 1 heterocycles. The van der Waals surface area contributed by atoms with Crippen LogP contribution in [0.25, 0.3) is 22.2 Å². The highest BCUT2D eigenvalue weighted by Gasteiger charge is 2.18. The zero-order valence-corrected chi connectivity index (χ0v) is 15.6. The Balaban J connectivity index is 1.65. The topological polar surface area (TPSA) is 56.3 Å². The molecule has 0 saturated heterocycles. The van der Waals surface area contributed by atoms with Crippen LogP contribution >= 0.6 is 0 Å². The highest BCUT2D eigenvalue weighted by molar-refractivity contribution is 6.06. The molecule has 0 amide bonds. The minimum absolute atomic E-state index is 0.142. The fourth-order valence-corrected chi connectivity index (χ4v) is 3.09. The van der Waals surface area contributed by atoms with E-state index in [4.69, 9.17) is 4.74 Å². The minimum Gasteiger partial charge on any atom is -0.454 e. The van der Waals surface area contributed by atoms with Gasteiger partial charge in [0.1, 0.15) is 11.6 Å². The molecule has 4 aromatic rings. The van der Waals surface area contributed by atoms with Crippen molar-refractivity contribution in [3.63, 3.8) is 0 Å². The number of halogens is 2. The van der Waals surface area contributed by atoms with E-state index in [0.29, 0.717) is 22.2 Å². The van der Waals surface area contributed by atoms with Crippen molar-refractivity contribution in [3.05, 3.63) is 102 Å². The lowest BCUT2D eigenvalue weighted by atomic mass is 10.0. The Labute approximate surface area is 170 Å². The molecule has 4 nitrogen and oxygen atoms in total. The zero-order valence-electron chi connectivity index (χ0n) is 15.6. The van der Waals surface area contributed by atoms with Crippen LogP contribution in [-0.2, 0) is 4.74 Å². The van der Waals surface area contributed by atoms with Gasteiger partial charge in [-0.25, -0.2) is 18.6 Å². The predicted octanol–water partition coefficient (Wildman–Crippen LogP) is 5.22. The van der Waals surface area contributed by atoms with Crippen molar-refractivity contribution in [2.45, 2.75) is 0 Å². The van der Waals surface area contributed by atoms with Gasteiger partial charge in [-0.05, 0) is 48.5 Å². The van der Waals surface area contributed by atoms with E-state index in [1.165, 1.54) is 42.5 Å². The van der Waals surface area contributed by atoms with Crippen molar-refractivity contribution in [1.29, 1.82) is 0 Å². The largest absolute Gasteiger partial charge is 0.454 e. The van der Waals surface area contributed by atoms with Gasteiger partial charge in [0.2, 0.25) is 5.78 Å². The summed E-state index contributed by atoms with van der Waals surface area (Å²) in [7, 11) is 0. The van der Waals surface area contributed by atoms with Crippen LogP contribution in [0.15, 0.2) is 78.9 Å². The summed E-state index contributed by atoms with van der Waals surface area (Å²) in [5.74, 6) is -2.43. The molecule has 4 rings (SSSR count). The normalized spacial score (nSPS) is 10.7. The number of hydrogen-bond donors (Lipinski definition) is 0. The maximum Gasteiger partial charge on any atom is 0.339 e. The molecule has 0 radical (unpaired) electrons. The number of hydrogen-bond acceptors (Lipinski definition) is 4. The molecule has 0 unspecified atom stereocenters. The lowest BCUT2D eigenvalue weighted by Crippen LogP contribution is -2.16. The second kappa shape index (κ2) is 8.21. The van der Waals surface area contributed by atoms with E-state index in [0.717, 1.165) is 0 Å². The number of benzene rings is 3. The fraction of sp³-hybridized carbons (Fsp3) is 0.0417. The van der Waals surface area contributed by atoms with Crippen molar-refractivity contribution < 1.29 is 23.1 Å². The van der Waals surface area contributed by atoms with Crippen molar-refractivity contribution in [2.24, 2.45) is 0 Å². The van der Waals surface area contributed by atoms with Crippen molar-refractivity contribution >= 4 is 22.7 Å².